The molecule has 0 saturated heterocycles. The van der Waals surface area contributed by atoms with Crippen molar-refractivity contribution in [1.29, 1.82) is 5.26 Å². The van der Waals surface area contributed by atoms with Gasteiger partial charge >= 0.3 is 0 Å². The van der Waals surface area contributed by atoms with Crippen molar-refractivity contribution >= 4 is 17.5 Å². The highest BCUT2D eigenvalue weighted by atomic mass is 15.1. The van der Waals surface area contributed by atoms with E-state index in [0.29, 0.717) is 23.0 Å². The first-order valence-electron chi connectivity index (χ1n) is 9.10. The molecule has 7 heteroatoms. The summed E-state index contributed by atoms with van der Waals surface area (Å²) in [5, 5.41) is 15.9. The third kappa shape index (κ3) is 5.25. The highest BCUT2D eigenvalue weighted by Gasteiger charge is 2.09. The highest BCUT2D eigenvalue weighted by molar-refractivity contribution is 5.69. The van der Waals surface area contributed by atoms with E-state index < -0.39 is 0 Å². The number of nitrogens with zero attached hydrogens (tertiary/aromatic N) is 5. The molecule has 0 fully saturated rings. The van der Waals surface area contributed by atoms with Gasteiger partial charge in [0.05, 0.1) is 16.9 Å². The molecule has 0 spiro atoms. The number of nitriles is 1. The van der Waals surface area contributed by atoms with Crippen LogP contribution in [0.4, 0.5) is 17.5 Å². The standard InChI is InChI=1S/C21H23N7/c1-28(2)12-6-11-24-21-26-19(17-8-5-10-23-15-17)13-20(27-21)25-18-9-4-3-7-16(18)14-22/h3-5,7-10,13,15H,6,11-12H2,1-2H3,(H2,24,25,26,27). The lowest BCUT2D eigenvalue weighted by Crippen LogP contribution is -2.17. The molecule has 3 aromatic rings. The Kier molecular flexibility index (Phi) is 6.50. The van der Waals surface area contributed by atoms with Gasteiger partial charge in [0.1, 0.15) is 11.9 Å². The molecule has 0 aliphatic carbocycles. The number of benzene rings is 1. The zero-order valence-corrected chi connectivity index (χ0v) is 16.1. The number of aromatic nitrogens is 3. The van der Waals surface area contributed by atoms with E-state index in [2.05, 4.69) is 36.6 Å². The van der Waals surface area contributed by atoms with Crippen LogP contribution in [0.3, 0.4) is 0 Å². The summed E-state index contributed by atoms with van der Waals surface area (Å²) in [4.78, 5) is 15.5. The SMILES string of the molecule is CN(C)CCCNc1nc(Nc2ccccc2C#N)cc(-c2cccnc2)n1. The Labute approximate surface area is 165 Å². The maximum atomic E-state index is 9.32. The van der Waals surface area contributed by atoms with Crippen LogP contribution in [0.25, 0.3) is 11.3 Å². The molecule has 7 nitrogen and oxygen atoms in total. The van der Waals surface area contributed by atoms with Crippen molar-refractivity contribution in [3.05, 3.63) is 60.4 Å². The summed E-state index contributed by atoms with van der Waals surface area (Å²) in [6, 6.07) is 15.2. The summed E-state index contributed by atoms with van der Waals surface area (Å²) in [7, 11) is 4.10. The van der Waals surface area contributed by atoms with Crippen LogP contribution < -0.4 is 10.6 Å². The number of para-hydroxylation sites is 1. The molecule has 0 bridgehead atoms. The van der Waals surface area contributed by atoms with Crippen molar-refractivity contribution in [2.45, 2.75) is 6.42 Å². The third-order valence-electron chi connectivity index (χ3n) is 4.06. The van der Waals surface area contributed by atoms with Crippen LogP contribution in [0, 0.1) is 11.3 Å². The predicted octanol–water partition coefficient (Wildman–Crippen LogP) is 3.52. The van der Waals surface area contributed by atoms with Gasteiger partial charge in [-0.25, -0.2) is 4.98 Å². The van der Waals surface area contributed by atoms with Gasteiger partial charge in [-0.1, -0.05) is 12.1 Å². The Morgan fingerprint density at radius 2 is 1.96 bits per heavy atom. The van der Waals surface area contributed by atoms with Gasteiger partial charge in [0.2, 0.25) is 5.95 Å². The molecule has 0 radical (unpaired) electrons. The van der Waals surface area contributed by atoms with E-state index in [-0.39, 0.29) is 0 Å². The molecule has 0 unspecified atom stereocenters. The molecular formula is C21H23N7. The molecule has 0 aliphatic heterocycles. The lowest BCUT2D eigenvalue weighted by molar-refractivity contribution is 0.405. The molecule has 1 aromatic carbocycles. The van der Waals surface area contributed by atoms with Crippen molar-refractivity contribution in [2.75, 3.05) is 37.8 Å². The zero-order valence-electron chi connectivity index (χ0n) is 16.1. The van der Waals surface area contributed by atoms with Gasteiger partial charge in [0, 0.05) is 30.6 Å². The molecule has 2 heterocycles. The Morgan fingerprint density at radius 1 is 1.11 bits per heavy atom. The van der Waals surface area contributed by atoms with Gasteiger partial charge in [-0.2, -0.15) is 10.2 Å². The Bertz CT molecular complexity index is 948. The molecule has 3 rings (SSSR count). The van der Waals surface area contributed by atoms with Crippen LogP contribution in [-0.2, 0) is 0 Å². The van der Waals surface area contributed by atoms with Crippen molar-refractivity contribution in [3.63, 3.8) is 0 Å². The van der Waals surface area contributed by atoms with Crippen LogP contribution >= 0.6 is 0 Å². The quantitative estimate of drug-likeness (QED) is 0.584. The second-order valence-electron chi connectivity index (χ2n) is 6.57. The van der Waals surface area contributed by atoms with Crippen molar-refractivity contribution < 1.29 is 0 Å². The summed E-state index contributed by atoms with van der Waals surface area (Å²) in [6.07, 6.45) is 4.48. The Hall–Kier alpha value is -3.50. The predicted molar refractivity (Wildman–Crippen MR) is 111 cm³/mol. The minimum atomic E-state index is 0.539. The molecule has 2 N–H and O–H groups in total. The number of hydrogen-bond donors (Lipinski definition) is 2. The van der Waals surface area contributed by atoms with Crippen molar-refractivity contribution in [1.82, 2.24) is 19.9 Å². The minimum Gasteiger partial charge on any atom is -0.354 e. The van der Waals surface area contributed by atoms with Gasteiger partial charge in [-0.15, -0.1) is 0 Å². The van der Waals surface area contributed by atoms with Crippen LogP contribution in [-0.4, -0.2) is 47.0 Å². The molecule has 28 heavy (non-hydrogen) atoms. The summed E-state index contributed by atoms with van der Waals surface area (Å²) < 4.78 is 0. The van der Waals surface area contributed by atoms with Crippen LogP contribution in [0.2, 0.25) is 0 Å². The fourth-order valence-corrected chi connectivity index (χ4v) is 2.68. The second-order valence-corrected chi connectivity index (χ2v) is 6.57. The molecule has 0 amide bonds. The number of pyridine rings is 1. The van der Waals surface area contributed by atoms with E-state index in [1.54, 1.807) is 18.5 Å². The number of hydrogen-bond acceptors (Lipinski definition) is 7. The van der Waals surface area contributed by atoms with E-state index in [0.717, 1.165) is 30.8 Å². The van der Waals surface area contributed by atoms with Gasteiger partial charge in [-0.3, -0.25) is 4.98 Å². The maximum Gasteiger partial charge on any atom is 0.225 e. The Morgan fingerprint density at radius 3 is 2.71 bits per heavy atom. The first-order valence-corrected chi connectivity index (χ1v) is 9.10. The van der Waals surface area contributed by atoms with E-state index in [9.17, 15) is 5.26 Å². The number of anilines is 3. The van der Waals surface area contributed by atoms with E-state index in [4.69, 9.17) is 0 Å². The first kappa shape index (κ1) is 19.3. The van der Waals surface area contributed by atoms with Crippen LogP contribution in [0.1, 0.15) is 12.0 Å². The smallest absolute Gasteiger partial charge is 0.225 e. The van der Waals surface area contributed by atoms with Gasteiger partial charge < -0.3 is 15.5 Å². The molecule has 0 saturated carbocycles. The molecule has 0 atom stereocenters. The summed E-state index contributed by atoms with van der Waals surface area (Å²) in [6.45, 7) is 1.75. The van der Waals surface area contributed by atoms with E-state index in [1.165, 1.54) is 0 Å². The van der Waals surface area contributed by atoms with E-state index >= 15 is 0 Å². The number of rotatable bonds is 8. The fourth-order valence-electron chi connectivity index (χ4n) is 2.68. The highest BCUT2D eigenvalue weighted by Crippen LogP contribution is 2.24. The molecule has 142 valence electrons. The van der Waals surface area contributed by atoms with Crippen LogP contribution in [0.15, 0.2) is 54.9 Å². The van der Waals surface area contributed by atoms with Gasteiger partial charge in [-0.05, 0) is 51.3 Å². The normalized spacial score (nSPS) is 10.5. The van der Waals surface area contributed by atoms with E-state index in [1.807, 2.05) is 50.5 Å². The monoisotopic (exact) mass is 373 g/mol. The molecule has 2 aromatic heterocycles. The largest absolute Gasteiger partial charge is 0.354 e. The lowest BCUT2D eigenvalue weighted by atomic mass is 10.2. The van der Waals surface area contributed by atoms with Gasteiger partial charge in [0.15, 0.2) is 0 Å². The fraction of sp³-hybridized carbons (Fsp3) is 0.238. The maximum absolute atomic E-state index is 9.32. The molecular weight excluding hydrogens is 350 g/mol. The van der Waals surface area contributed by atoms with Crippen LogP contribution in [0.5, 0.6) is 0 Å². The molecule has 0 aliphatic rings. The Balaban J connectivity index is 1.88. The average Bonchev–Trinajstić information content (AvgIpc) is 2.72. The summed E-state index contributed by atoms with van der Waals surface area (Å²) >= 11 is 0. The summed E-state index contributed by atoms with van der Waals surface area (Å²) in [5.74, 6) is 1.16. The summed E-state index contributed by atoms with van der Waals surface area (Å²) in [5.41, 5.74) is 2.93. The second kappa shape index (κ2) is 9.44. The van der Waals surface area contributed by atoms with Crippen molar-refractivity contribution in [2.24, 2.45) is 0 Å². The number of nitrogens with one attached hydrogen (secondary N) is 2. The van der Waals surface area contributed by atoms with Gasteiger partial charge in [0.25, 0.3) is 0 Å². The third-order valence-corrected chi connectivity index (χ3v) is 4.06. The average molecular weight is 373 g/mol. The minimum absolute atomic E-state index is 0.539. The zero-order chi connectivity index (χ0) is 19.8. The topological polar surface area (TPSA) is 89.8 Å². The van der Waals surface area contributed by atoms with Crippen molar-refractivity contribution in [3.8, 4) is 17.3 Å². The lowest BCUT2D eigenvalue weighted by Gasteiger charge is -2.13. The first-order chi connectivity index (χ1) is 13.7.